The smallest absolute Gasteiger partial charge is 0.130 e. The quantitative estimate of drug-likeness (QED) is 0.771. The Balaban J connectivity index is 2.07. The van der Waals surface area contributed by atoms with Gasteiger partial charge in [-0.1, -0.05) is 6.07 Å². The number of imidazole rings is 1. The van der Waals surface area contributed by atoms with Gasteiger partial charge in [0.25, 0.3) is 0 Å². The molecule has 0 radical (unpaired) electrons. The fraction of sp³-hybridized carbons (Fsp3) is 0.154. The van der Waals surface area contributed by atoms with E-state index in [9.17, 15) is 4.39 Å². The van der Waals surface area contributed by atoms with Crippen LogP contribution in [0.3, 0.4) is 0 Å². The van der Waals surface area contributed by atoms with E-state index >= 15 is 0 Å². The minimum atomic E-state index is -0.273. The number of benzene rings is 1. The zero-order valence-electron chi connectivity index (χ0n) is 9.80. The highest BCUT2D eigenvalue weighted by Crippen LogP contribution is 2.31. The maximum atomic E-state index is 13.1. The molecule has 1 atom stereocenters. The van der Waals surface area contributed by atoms with Gasteiger partial charge in [0.1, 0.15) is 11.6 Å². The summed E-state index contributed by atoms with van der Waals surface area (Å²) in [5, 5.41) is 1.01. The van der Waals surface area contributed by atoms with Crippen LogP contribution in [0.25, 0.3) is 10.1 Å². The molecular formula is C13H12FN3S. The molecule has 2 aromatic heterocycles. The maximum absolute atomic E-state index is 13.1. The summed E-state index contributed by atoms with van der Waals surface area (Å²) in [4.78, 5) is 5.24. The zero-order valence-corrected chi connectivity index (χ0v) is 10.6. The van der Waals surface area contributed by atoms with Crippen molar-refractivity contribution < 1.29 is 4.39 Å². The summed E-state index contributed by atoms with van der Waals surface area (Å²) in [5.41, 5.74) is 6.20. The molecular weight excluding hydrogens is 249 g/mol. The summed E-state index contributed by atoms with van der Waals surface area (Å²) in [6, 6.07) is 6.50. The average Bonchev–Trinajstić information content (AvgIpc) is 2.93. The van der Waals surface area contributed by atoms with E-state index in [1.165, 1.54) is 23.5 Å². The molecule has 0 aliphatic carbocycles. The van der Waals surface area contributed by atoms with Crippen LogP contribution in [0.4, 0.5) is 4.39 Å². The molecule has 0 amide bonds. The molecule has 1 aromatic carbocycles. The van der Waals surface area contributed by atoms with Gasteiger partial charge in [0.15, 0.2) is 0 Å². The van der Waals surface area contributed by atoms with Gasteiger partial charge < -0.3 is 10.3 Å². The number of fused-ring (bicyclic) bond motifs is 1. The summed E-state index contributed by atoms with van der Waals surface area (Å²) in [7, 11) is 1.91. The van der Waals surface area contributed by atoms with Crippen LogP contribution in [0, 0.1) is 5.82 Å². The highest BCUT2D eigenvalue weighted by molar-refractivity contribution is 7.19. The molecule has 0 spiro atoms. The minimum absolute atomic E-state index is 0.221. The molecule has 0 saturated carbocycles. The highest BCUT2D eigenvalue weighted by Gasteiger charge is 2.16. The Bertz CT molecular complexity index is 701. The Morgan fingerprint density at radius 1 is 1.39 bits per heavy atom. The van der Waals surface area contributed by atoms with E-state index in [-0.39, 0.29) is 11.9 Å². The Morgan fingerprint density at radius 2 is 2.22 bits per heavy atom. The molecule has 0 fully saturated rings. The number of nitrogens with zero attached hydrogens (tertiary/aromatic N) is 2. The molecule has 1 unspecified atom stereocenters. The van der Waals surface area contributed by atoms with Crippen molar-refractivity contribution in [2.45, 2.75) is 6.04 Å². The van der Waals surface area contributed by atoms with Crippen molar-refractivity contribution in [3.63, 3.8) is 0 Å². The van der Waals surface area contributed by atoms with E-state index in [2.05, 4.69) is 4.98 Å². The number of aromatic nitrogens is 2. The van der Waals surface area contributed by atoms with Gasteiger partial charge in [-0.3, -0.25) is 0 Å². The van der Waals surface area contributed by atoms with Crippen molar-refractivity contribution in [3.05, 3.63) is 53.2 Å². The van der Waals surface area contributed by atoms with Crippen LogP contribution in [-0.4, -0.2) is 9.55 Å². The summed E-state index contributed by atoms with van der Waals surface area (Å²) in [5.74, 6) is 0.587. The zero-order chi connectivity index (χ0) is 12.7. The van der Waals surface area contributed by atoms with E-state index < -0.39 is 0 Å². The van der Waals surface area contributed by atoms with Gasteiger partial charge >= 0.3 is 0 Å². The first-order chi connectivity index (χ1) is 8.65. The fourth-order valence-corrected chi connectivity index (χ4v) is 3.07. The molecule has 92 valence electrons. The normalized spacial score (nSPS) is 13.1. The van der Waals surface area contributed by atoms with Crippen LogP contribution < -0.4 is 5.73 Å². The summed E-state index contributed by atoms with van der Waals surface area (Å²) in [6.07, 6.45) is 3.59. The van der Waals surface area contributed by atoms with E-state index in [0.29, 0.717) is 0 Å². The molecule has 0 saturated heterocycles. The number of aryl methyl sites for hydroxylation is 1. The number of hydrogen-bond donors (Lipinski definition) is 1. The second kappa shape index (κ2) is 4.19. The molecule has 0 bridgehead atoms. The van der Waals surface area contributed by atoms with Crippen molar-refractivity contribution in [3.8, 4) is 0 Å². The number of nitrogens with two attached hydrogens (primary N) is 1. The van der Waals surface area contributed by atoms with Gasteiger partial charge in [0, 0.05) is 29.0 Å². The van der Waals surface area contributed by atoms with Gasteiger partial charge in [-0.15, -0.1) is 11.3 Å². The Labute approximate surface area is 108 Å². The average molecular weight is 261 g/mol. The summed E-state index contributed by atoms with van der Waals surface area (Å²) < 4.78 is 16.0. The van der Waals surface area contributed by atoms with E-state index in [1.54, 1.807) is 12.3 Å². The lowest BCUT2D eigenvalue weighted by molar-refractivity contribution is 0.630. The van der Waals surface area contributed by atoms with Gasteiger partial charge in [-0.05, 0) is 23.6 Å². The molecule has 3 aromatic rings. The molecule has 3 nitrogen and oxygen atoms in total. The van der Waals surface area contributed by atoms with Crippen LogP contribution in [0.15, 0.2) is 36.7 Å². The molecule has 5 heteroatoms. The standard InChI is InChI=1S/C13H12FN3S/c1-17-5-4-16-13(17)12(15)11-6-8-2-3-9(14)7-10(8)18-11/h2-7,12H,15H2,1H3. The number of rotatable bonds is 2. The number of thiophene rings is 1. The van der Waals surface area contributed by atoms with E-state index in [0.717, 1.165) is 20.8 Å². The SMILES string of the molecule is Cn1ccnc1C(N)c1cc2ccc(F)cc2s1. The molecule has 2 N–H and O–H groups in total. The first-order valence-electron chi connectivity index (χ1n) is 5.57. The summed E-state index contributed by atoms with van der Waals surface area (Å²) in [6.45, 7) is 0. The third-order valence-electron chi connectivity index (χ3n) is 2.94. The van der Waals surface area contributed by atoms with Gasteiger partial charge in [0.05, 0.1) is 6.04 Å². The predicted octanol–water partition coefficient (Wildman–Crippen LogP) is 2.82. The Hall–Kier alpha value is -1.72. The van der Waals surface area contributed by atoms with Gasteiger partial charge in [-0.25, -0.2) is 9.37 Å². The third kappa shape index (κ3) is 1.81. The lowest BCUT2D eigenvalue weighted by atomic mass is 10.2. The van der Waals surface area contributed by atoms with Gasteiger partial charge in [0.2, 0.25) is 0 Å². The monoisotopic (exact) mass is 261 g/mol. The minimum Gasteiger partial charge on any atom is -0.336 e. The van der Waals surface area contributed by atoms with E-state index in [1.807, 2.05) is 23.9 Å². The molecule has 2 heterocycles. The van der Waals surface area contributed by atoms with E-state index in [4.69, 9.17) is 5.73 Å². The predicted molar refractivity (Wildman–Crippen MR) is 71.0 cm³/mol. The Kier molecular flexibility index (Phi) is 2.65. The van der Waals surface area contributed by atoms with Crippen LogP contribution >= 0.6 is 11.3 Å². The van der Waals surface area contributed by atoms with Crippen LogP contribution in [-0.2, 0) is 7.05 Å². The van der Waals surface area contributed by atoms with Crippen LogP contribution in [0.2, 0.25) is 0 Å². The molecule has 3 rings (SSSR count). The second-order valence-corrected chi connectivity index (χ2v) is 5.32. The first-order valence-corrected chi connectivity index (χ1v) is 6.38. The van der Waals surface area contributed by atoms with Crippen molar-refractivity contribution in [2.75, 3.05) is 0 Å². The Morgan fingerprint density at radius 3 is 2.94 bits per heavy atom. The number of halogens is 1. The van der Waals surface area contributed by atoms with Crippen LogP contribution in [0.5, 0.6) is 0 Å². The molecule has 0 aliphatic heterocycles. The van der Waals surface area contributed by atoms with Crippen molar-refractivity contribution in [2.24, 2.45) is 12.8 Å². The maximum Gasteiger partial charge on any atom is 0.130 e. The largest absolute Gasteiger partial charge is 0.336 e. The van der Waals surface area contributed by atoms with Crippen LogP contribution in [0.1, 0.15) is 16.7 Å². The summed E-state index contributed by atoms with van der Waals surface area (Å²) >= 11 is 1.51. The van der Waals surface area contributed by atoms with Crippen molar-refractivity contribution >= 4 is 21.4 Å². The fourth-order valence-electron chi connectivity index (χ4n) is 1.98. The van der Waals surface area contributed by atoms with Crippen molar-refractivity contribution in [1.29, 1.82) is 0 Å². The van der Waals surface area contributed by atoms with Gasteiger partial charge in [-0.2, -0.15) is 0 Å². The number of hydrogen-bond acceptors (Lipinski definition) is 3. The lowest BCUT2D eigenvalue weighted by Crippen LogP contribution is -2.15. The molecule has 0 aliphatic rings. The molecule has 18 heavy (non-hydrogen) atoms. The van der Waals surface area contributed by atoms with Crippen molar-refractivity contribution in [1.82, 2.24) is 9.55 Å². The first kappa shape index (κ1) is 11.4. The highest BCUT2D eigenvalue weighted by atomic mass is 32.1. The topological polar surface area (TPSA) is 43.8 Å². The second-order valence-electron chi connectivity index (χ2n) is 4.20. The third-order valence-corrected chi connectivity index (χ3v) is 4.13. The lowest BCUT2D eigenvalue weighted by Gasteiger charge is -2.08.